The van der Waals surface area contributed by atoms with Crippen LogP contribution in [0.5, 0.6) is 0 Å². The van der Waals surface area contributed by atoms with Crippen LogP contribution in [0.1, 0.15) is 16.2 Å². The molecule has 0 fully saturated rings. The number of hydrogen-bond acceptors (Lipinski definition) is 4. The van der Waals surface area contributed by atoms with Crippen molar-refractivity contribution in [1.82, 2.24) is 20.5 Å². The summed E-state index contributed by atoms with van der Waals surface area (Å²) >= 11 is 0. The lowest BCUT2D eigenvalue weighted by molar-refractivity contribution is 0.0954. The second-order valence-electron chi connectivity index (χ2n) is 4.38. The second kappa shape index (κ2) is 5.99. The Morgan fingerprint density at radius 3 is 2.63 bits per heavy atom. The Balaban J connectivity index is 1.85. The molecule has 6 nitrogen and oxygen atoms in total. The van der Waals surface area contributed by atoms with E-state index in [1.807, 2.05) is 43.3 Å². The SMILES string of the molecule is CN(C)c1ccc(C(=O)NCCc2ncn[nH]2)cc1. The normalized spacial score (nSPS) is 10.2. The van der Waals surface area contributed by atoms with Crippen molar-refractivity contribution in [3.05, 3.63) is 42.0 Å². The Labute approximate surface area is 111 Å². The topological polar surface area (TPSA) is 73.9 Å². The third-order valence-corrected chi connectivity index (χ3v) is 2.76. The largest absolute Gasteiger partial charge is 0.378 e. The molecule has 100 valence electrons. The summed E-state index contributed by atoms with van der Waals surface area (Å²) in [7, 11) is 3.93. The zero-order chi connectivity index (χ0) is 13.7. The molecule has 2 rings (SSSR count). The van der Waals surface area contributed by atoms with Gasteiger partial charge < -0.3 is 10.2 Å². The fraction of sp³-hybridized carbons (Fsp3) is 0.308. The second-order valence-corrected chi connectivity index (χ2v) is 4.38. The maximum absolute atomic E-state index is 11.9. The molecule has 0 saturated heterocycles. The van der Waals surface area contributed by atoms with Gasteiger partial charge in [-0.3, -0.25) is 9.89 Å². The van der Waals surface area contributed by atoms with Crippen LogP contribution in [0.15, 0.2) is 30.6 Å². The van der Waals surface area contributed by atoms with E-state index in [2.05, 4.69) is 20.5 Å². The molecule has 2 aromatic rings. The van der Waals surface area contributed by atoms with Crippen molar-refractivity contribution >= 4 is 11.6 Å². The van der Waals surface area contributed by atoms with Gasteiger partial charge in [-0.15, -0.1) is 0 Å². The van der Waals surface area contributed by atoms with Crippen LogP contribution >= 0.6 is 0 Å². The van der Waals surface area contributed by atoms with E-state index in [9.17, 15) is 4.79 Å². The van der Waals surface area contributed by atoms with E-state index in [4.69, 9.17) is 0 Å². The summed E-state index contributed by atoms with van der Waals surface area (Å²) in [5.74, 6) is 0.688. The van der Waals surface area contributed by atoms with E-state index in [1.165, 1.54) is 6.33 Å². The molecule has 0 aliphatic carbocycles. The van der Waals surface area contributed by atoms with Gasteiger partial charge in [0.25, 0.3) is 5.91 Å². The average Bonchev–Trinajstić information content (AvgIpc) is 2.92. The lowest BCUT2D eigenvalue weighted by atomic mass is 10.2. The minimum atomic E-state index is -0.0789. The summed E-state index contributed by atoms with van der Waals surface area (Å²) in [6, 6.07) is 7.48. The predicted molar refractivity (Wildman–Crippen MR) is 73.2 cm³/mol. The molecule has 2 N–H and O–H groups in total. The summed E-state index contributed by atoms with van der Waals surface area (Å²) in [5.41, 5.74) is 1.72. The third kappa shape index (κ3) is 3.54. The highest BCUT2D eigenvalue weighted by Crippen LogP contribution is 2.11. The van der Waals surface area contributed by atoms with Gasteiger partial charge in [0.05, 0.1) is 0 Å². The van der Waals surface area contributed by atoms with E-state index >= 15 is 0 Å². The number of anilines is 1. The molecule has 19 heavy (non-hydrogen) atoms. The van der Waals surface area contributed by atoms with Crippen molar-refractivity contribution in [2.45, 2.75) is 6.42 Å². The smallest absolute Gasteiger partial charge is 0.251 e. The van der Waals surface area contributed by atoms with Gasteiger partial charge in [0, 0.05) is 38.3 Å². The molecule has 0 aliphatic heterocycles. The van der Waals surface area contributed by atoms with E-state index in [1.54, 1.807) is 0 Å². The molecule has 0 aliphatic rings. The molecule has 0 radical (unpaired) electrons. The fourth-order valence-corrected chi connectivity index (χ4v) is 1.66. The molecule has 0 saturated carbocycles. The lowest BCUT2D eigenvalue weighted by Crippen LogP contribution is -2.26. The molecule has 1 aromatic heterocycles. The third-order valence-electron chi connectivity index (χ3n) is 2.76. The highest BCUT2D eigenvalue weighted by atomic mass is 16.1. The van der Waals surface area contributed by atoms with Crippen molar-refractivity contribution in [3.63, 3.8) is 0 Å². The monoisotopic (exact) mass is 259 g/mol. The minimum absolute atomic E-state index is 0.0789. The highest BCUT2D eigenvalue weighted by Gasteiger charge is 2.05. The summed E-state index contributed by atoms with van der Waals surface area (Å²) in [5, 5.41) is 9.35. The van der Waals surface area contributed by atoms with Crippen LogP contribution < -0.4 is 10.2 Å². The number of amides is 1. The molecule has 1 heterocycles. The number of H-pyrrole nitrogens is 1. The van der Waals surface area contributed by atoms with Crippen LogP contribution in [0, 0.1) is 0 Å². The van der Waals surface area contributed by atoms with Crippen LogP contribution in [0.25, 0.3) is 0 Å². The first-order chi connectivity index (χ1) is 9.16. The first kappa shape index (κ1) is 13.1. The van der Waals surface area contributed by atoms with Gasteiger partial charge in [-0.2, -0.15) is 5.10 Å². The van der Waals surface area contributed by atoms with E-state index < -0.39 is 0 Å². The molecule has 0 spiro atoms. The highest BCUT2D eigenvalue weighted by molar-refractivity contribution is 5.94. The van der Waals surface area contributed by atoms with Gasteiger partial charge in [-0.25, -0.2) is 4.98 Å². The first-order valence-corrected chi connectivity index (χ1v) is 6.06. The standard InChI is InChI=1S/C13H17N5O/c1-18(2)11-5-3-10(4-6-11)13(19)14-8-7-12-15-9-16-17-12/h3-6,9H,7-8H2,1-2H3,(H,14,19)(H,15,16,17). The molecule has 0 unspecified atom stereocenters. The number of rotatable bonds is 5. The zero-order valence-electron chi connectivity index (χ0n) is 11.1. The van der Waals surface area contributed by atoms with E-state index in [-0.39, 0.29) is 5.91 Å². The van der Waals surface area contributed by atoms with Gasteiger partial charge in [0.2, 0.25) is 0 Å². The number of benzene rings is 1. The van der Waals surface area contributed by atoms with Gasteiger partial charge in [0.15, 0.2) is 0 Å². The summed E-state index contributed by atoms with van der Waals surface area (Å²) in [4.78, 5) is 17.9. The molecule has 0 bridgehead atoms. The predicted octanol–water partition coefficient (Wildman–Crippen LogP) is 0.843. The number of carbonyl (C=O) groups excluding carboxylic acids is 1. The maximum Gasteiger partial charge on any atom is 0.251 e. The van der Waals surface area contributed by atoms with Gasteiger partial charge in [-0.05, 0) is 24.3 Å². The summed E-state index contributed by atoms with van der Waals surface area (Å²) < 4.78 is 0. The summed E-state index contributed by atoms with van der Waals surface area (Å²) in [6.45, 7) is 0.531. The summed E-state index contributed by atoms with van der Waals surface area (Å²) in [6.07, 6.45) is 2.10. The average molecular weight is 259 g/mol. The molecule has 6 heteroatoms. The van der Waals surface area contributed by atoms with E-state index in [0.29, 0.717) is 18.5 Å². The Morgan fingerprint density at radius 2 is 2.05 bits per heavy atom. The minimum Gasteiger partial charge on any atom is -0.378 e. The van der Waals surface area contributed by atoms with Crippen molar-refractivity contribution < 1.29 is 4.79 Å². The van der Waals surface area contributed by atoms with E-state index in [0.717, 1.165) is 11.5 Å². The Hall–Kier alpha value is -2.37. The molecular formula is C13H17N5O. The van der Waals surface area contributed by atoms with Crippen LogP contribution in [0.4, 0.5) is 5.69 Å². The van der Waals surface area contributed by atoms with Gasteiger partial charge >= 0.3 is 0 Å². The number of nitrogens with one attached hydrogen (secondary N) is 2. The van der Waals surface area contributed by atoms with Gasteiger partial charge in [-0.1, -0.05) is 0 Å². The van der Waals surface area contributed by atoms with Crippen molar-refractivity contribution in [2.24, 2.45) is 0 Å². The Morgan fingerprint density at radius 1 is 1.32 bits per heavy atom. The van der Waals surface area contributed by atoms with Gasteiger partial charge in [0.1, 0.15) is 12.2 Å². The molecular weight excluding hydrogens is 242 g/mol. The number of aromatic amines is 1. The van der Waals surface area contributed by atoms with Crippen LogP contribution in [0.2, 0.25) is 0 Å². The fourth-order valence-electron chi connectivity index (χ4n) is 1.66. The lowest BCUT2D eigenvalue weighted by Gasteiger charge is -2.12. The Bertz CT molecular complexity index is 518. The zero-order valence-corrected chi connectivity index (χ0v) is 11.1. The number of carbonyl (C=O) groups is 1. The van der Waals surface area contributed by atoms with Crippen molar-refractivity contribution in [2.75, 3.05) is 25.5 Å². The van der Waals surface area contributed by atoms with Crippen LogP contribution in [-0.2, 0) is 6.42 Å². The molecule has 1 aromatic carbocycles. The number of nitrogens with zero attached hydrogens (tertiary/aromatic N) is 3. The number of aromatic nitrogens is 3. The van der Waals surface area contributed by atoms with Crippen LogP contribution in [0.3, 0.4) is 0 Å². The molecule has 0 atom stereocenters. The quantitative estimate of drug-likeness (QED) is 0.834. The Kier molecular flexibility index (Phi) is 4.12. The maximum atomic E-state index is 11.9. The number of hydrogen-bond donors (Lipinski definition) is 2. The van der Waals surface area contributed by atoms with Crippen molar-refractivity contribution in [1.29, 1.82) is 0 Å². The van der Waals surface area contributed by atoms with Crippen molar-refractivity contribution in [3.8, 4) is 0 Å². The molecule has 1 amide bonds. The first-order valence-electron chi connectivity index (χ1n) is 6.06. The van der Waals surface area contributed by atoms with Crippen LogP contribution in [-0.4, -0.2) is 41.7 Å².